The van der Waals surface area contributed by atoms with Crippen molar-refractivity contribution in [3.63, 3.8) is 0 Å². The number of thiazole rings is 1. The molecule has 1 fully saturated rings. The summed E-state index contributed by atoms with van der Waals surface area (Å²) in [5.41, 5.74) is 3.26. The Balaban J connectivity index is 1.10. The normalized spacial score (nSPS) is 15.6. The molecule has 2 aliphatic rings. The highest BCUT2D eigenvalue weighted by Crippen LogP contribution is 2.37. The van der Waals surface area contributed by atoms with Gasteiger partial charge in [-0.2, -0.15) is 0 Å². The molecule has 6 rings (SSSR count). The zero-order valence-electron chi connectivity index (χ0n) is 23.4. The number of rotatable bonds is 9. The van der Waals surface area contributed by atoms with Crippen molar-refractivity contribution in [2.24, 2.45) is 0 Å². The van der Waals surface area contributed by atoms with Gasteiger partial charge in [-0.1, -0.05) is 36.4 Å². The molecule has 8 nitrogen and oxygen atoms in total. The number of carbonyl (C=O) groups is 2. The number of fused-ring (bicyclic) bond motifs is 2. The van der Waals surface area contributed by atoms with Gasteiger partial charge in [0.05, 0.1) is 27.6 Å². The molecule has 216 valence electrons. The van der Waals surface area contributed by atoms with Gasteiger partial charge in [-0.05, 0) is 87.6 Å². The monoisotopic (exact) mass is 600 g/mol. The van der Waals surface area contributed by atoms with E-state index in [1.165, 1.54) is 80.1 Å². The summed E-state index contributed by atoms with van der Waals surface area (Å²) in [6.07, 6.45) is 6.60. The highest BCUT2D eigenvalue weighted by Gasteiger charge is 2.33. The van der Waals surface area contributed by atoms with Gasteiger partial charge in [0.2, 0.25) is 9.84 Å². The van der Waals surface area contributed by atoms with Crippen molar-refractivity contribution in [1.82, 2.24) is 15.2 Å². The van der Waals surface area contributed by atoms with Crippen LogP contribution in [0.15, 0.2) is 76.7 Å². The van der Waals surface area contributed by atoms with E-state index in [0.717, 1.165) is 21.9 Å². The van der Waals surface area contributed by atoms with E-state index < -0.39 is 15.7 Å². The van der Waals surface area contributed by atoms with Crippen LogP contribution in [-0.2, 0) is 22.8 Å². The molecule has 2 N–H and O–H groups in total. The van der Waals surface area contributed by atoms with Crippen LogP contribution in [0.5, 0.6) is 0 Å². The van der Waals surface area contributed by atoms with Gasteiger partial charge in [-0.3, -0.25) is 9.59 Å². The van der Waals surface area contributed by atoms with E-state index in [0.29, 0.717) is 11.1 Å². The molecule has 0 atom stereocenters. The molecule has 1 aromatic heterocycles. The first-order valence-corrected chi connectivity index (χ1v) is 16.4. The fraction of sp³-hybridized carbons (Fsp3) is 0.281. The van der Waals surface area contributed by atoms with Crippen molar-refractivity contribution in [2.75, 3.05) is 25.0 Å². The lowest BCUT2D eigenvalue weighted by Gasteiger charge is -2.30. The minimum atomic E-state index is -3.95. The minimum Gasteiger partial charge on any atom is -0.347 e. The van der Waals surface area contributed by atoms with Gasteiger partial charge in [0.25, 0.3) is 11.8 Å². The van der Waals surface area contributed by atoms with Gasteiger partial charge in [0.1, 0.15) is 5.01 Å². The van der Waals surface area contributed by atoms with Crippen molar-refractivity contribution in [3.05, 3.63) is 94.0 Å². The number of amides is 2. The number of benzene rings is 3. The van der Waals surface area contributed by atoms with Crippen molar-refractivity contribution in [3.8, 4) is 10.6 Å². The zero-order valence-corrected chi connectivity index (χ0v) is 25.0. The molecular weight excluding hydrogens is 569 g/mol. The second kappa shape index (κ2) is 11.8. The lowest BCUT2D eigenvalue weighted by molar-refractivity contribution is 0.0949. The maximum absolute atomic E-state index is 13.3. The average Bonchev–Trinajstić information content (AvgIpc) is 3.42. The molecule has 3 heterocycles. The lowest BCUT2D eigenvalue weighted by atomic mass is 10.1. The van der Waals surface area contributed by atoms with E-state index in [2.05, 4.69) is 44.8 Å². The van der Waals surface area contributed by atoms with Crippen molar-refractivity contribution >= 4 is 38.7 Å². The molecule has 4 aromatic rings. The molecule has 0 saturated carbocycles. The molecule has 0 bridgehead atoms. The Bertz CT molecular complexity index is 1760. The number of nitrogens with one attached hydrogen (secondary N) is 2. The number of carbonyl (C=O) groups excluding carboxylic acids is 2. The van der Waals surface area contributed by atoms with E-state index in [1.807, 2.05) is 0 Å². The first kappa shape index (κ1) is 28.3. The molecule has 0 radical (unpaired) electrons. The fourth-order valence-electron chi connectivity index (χ4n) is 5.37. The molecular formula is C32H32N4O4S2. The van der Waals surface area contributed by atoms with Crippen LogP contribution in [0.25, 0.3) is 10.6 Å². The van der Waals surface area contributed by atoms with E-state index in [1.54, 1.807) is 25.3 Å². The van der Waals surface area contributed by atoms with E-state index in [4.69, 9.17) is 0 Å². The summed E-state index contributed by atoms with van der Waals surface area (Å²) in [4.78, 5) is 33.9. The lowest BCUT2D eigenvalue weighted by Crippen LogP contribution is -2.37. The summed E-state index contributed by atoms with van der Waals surface area (Å²) < 4.78 is 26.7. The third-order valence-electron chi connectivity index (χ3n) is 7.94. The second-order valence-electron chi connectivity index (χ2n) is 10.7. The Labute approximate surface area is 249 Å². The largest absolute Gasteiger partial charge is 0.347 e. The first-order chi connectivity index (χ1) is 20.3. The third-order valence-corrected chi connectivity index (χ3v) is 10.8. The Morgan fingerprint density at radius 3 is 2.57 bits per heavy atom. The smallest absolute Gasteiger partial charge is 0.257 e. The number of unbranched alkanes of at least 4 members (excludes halogenated alkanes) is 1. The van der Waals surface area contributed by atoms with Gasteiger partial charge >= 0.3 is 0 Å². The van der Waals surface area contributed by atoms with Crippen LogP contribution in [0.2, 0.25) is 0 Å². The summed E-state index contributed by atoms with van der Waals surface area (Å²) in [6.45, 7) is 5.63. The van der Waals surface area contributed by atoms with Crippen LogP contribution in [0.1, 0.15) is 56.0 Å². The Morgan fingerprint density at radius 2 is 1.81 bits per heavy atom. The van der Waals surface area contributed by atoms with Crippen LogP contribution in [-0.4, -0.2) is 49.8 Å². The van der Waals surface area contributed by atoms with Gasteiger partial charge in [0.15, 0.2) is 0 Å². The van der Waals surface area contributed by atoms with Crippen LogP contribution >= 0.6 is 11.3 Å². The van der Waals surface area contributed by atoms with E-state index >= 15 is 0 Å². The Hall–Kier alpha value is -3.86. The van der Waals surface area contributed by atoms with E-state index in [9.17, 15) is 18.0 Å². The number of hydrogen-bond acceptors (Lipinski definition) is 7. The van der Waals surface area contributed by atoms with Gasteiger partial charge in [-0.25, -0.2) is 13.4 Å². The molecule has 42 heavy (non-hydrogen) atoms. The molecule has 1 saturated heterocycles. The second-order valence-corrected chi connectivity index (χ2v) is 13.7. The quantitative estimate of drug-likeness (QED) is 0.247. The van der Waals surface area contributed by atoms with Gasteiger partial charge in [-0.15, -0.1) is 11.3 Å². The predicted molar refractivity (Wildman–Crippen MR) is 164 cm³/mol. The zero-order chi connectivity index (χ0) is 29.3. The molecule has 0 unspecified atom stereocenters. The number of likely N-dealkylation sites (tertiary alicyclic amines) is 1. The fourth-order valence-corrected chi connectivity index (χ4v) is 7.89. The summed E-state index contributed by atoms with van der Waals surface area (Å²) in [7, 11) is -3.95. The van der Waals surface area contributed by atoms with Crippen LogP contribution in [0.4, 0.5) is 5.69 Å². The van der Waals surface area contributed by atoms with Gasteiger partial charge in [0, 0.05) is 22.2 Å². The molecule has 10 heteroatoms. The summed E-state index contributed by atoms with van der Waals surface area (Å²) in [5.74, 6) is -0.891. The number of hydrogen-bond donors (Lipinski definition) is 2. The number of aromatic nitrogens is 1. The van der Waals surface area contributed by atoms with E-state index in [-0.39, 0.29) is 33.5 Å². The summed E-state index contributed by atoms with van der Waals surface area (Å²) in [5, 5.41) is 6.51. The number of aryl methyl sites for hydroxylation is 1. The standard InChI is InChI=1S/C32H32N4O4S2/c1-21-25(14-15-28-29(21)35-31(38)26-8-2-3-9-27(26)42(28,39)40)30(37)33-19-24-20-34-32(41-24)23-12-10-22(11-13-23)7-4-5-16-36-17-6-18-36/h2-3,8-15,20H,4-7,16-19H2,1H3,(H,33,37)(H,35,38). The highest BCUT2D eigenvalue weighted by molar-refractivity contribution is 7.91. The van der Waals surface area contributed by atoms with Crippen molar-refractivity contribution in [2.45, 2.75) is 48.9 Å². The third kappa shape index (κ3) is 5.62. The predicted octanol–water partition coefficient (Wildman–Crippen LogP) is 5.48. The maximum Gasteiger partial charge on any atom is 0.257 e. The SMILES string of the molecule is Cc1c(C(=O)NCc2cnc(-c3ccc(CCCCN4CCC4)cc3)s2)ccc2c1NC(=O)c1ccccc1S2(=O)=O. The number of sulfone groups is 1. The van der Waals surface area contributed by atoms with Crippen LogP contribution in [0, 0.1) is 6.92 Å². The molecule has 3 aromatic carbocycles. The molecule has 0 spiro atoms. The summed E-state index contributed by atoms with van der Waals surface area (Å²) in [6, 6.07) is 17.5. The van der Waals surface area contributed by atoms with Gasteiger partial charge < -0.3 is 15.5 Å². The van der Waals surface area contributed by atoms with Crippen LogP contribution in [0.3, 0.4) is 0 Å². The van der Waals surface area contributed by atoms with Crippen LogP contribution < -0.4 is 10.6 Å². The molecule has 2 aliphatic heterocycles. The number of nitrogens with zero attached hydrogens (tertiary/aromatic N) is 2. The number of anilines is 1. The topological polar surface area (TPSA) is 108 Å². The van der Waals surface area contributed by atoms with Crippen molar-refractivity contribution < 1.29 is 18.0 Å². The Kier molecular flexibility index (Phi) is 7.94. The minimum absolute atomic E-state index is 0.0281. The average molecular weight is 601 g/mol. The molecule has 0 aliphatic carbocycles. The van der Waals surface area contributed by atoms with Crippen molar-refractivity contribution in [1.29, 1.82) is 0 Å². The summed E-state index contributed by atoms with van der Waals surface area (Å²) >= 11 is 1.52. The highest BCUT2D eigenvalue weighted by atomic mass is 32.2. The Morgan fingerprint density at radius 1 is 1.02 bits per heavy atom. The molecule has 2 amide bonds. The maximum atomic E-state index is 13.3. The first-order valence-electron chi connectivity index (χ1n) is 14.1.